The van der Waals surface area contributed by atoms with Crippen LogP contribution in [0.1, 0.15) is 53.1 Å². The maximum absolute atomic E-state index is 13.9. The summed E-state index contributed by atoms with van der Waals surface area (Å²) in [7, 11) is 0. The van der Waals surface area contributed by atoms with Gasteiger partial charge in [0.05, 0.1) is 23.5 Å². The van der Waals surface area contributed by atoms with Crippen molar-refractivity contribution in [2.24, 2.45) is 0 Å². The third kappa shape index (κ3) is 3.73. The fraction of sp³-hybridized carbons (Fsp3) is 0.346. The van der Waals surface area contributed by atoms with E-state index in [2.05, 4.69) is 10.4 Å². The van der Waals surface area contributed by atoms with Crippen molar-refractivity contribution in [1.29, 1.82) is 0 Å². The van der Waals surface area contributed by atoms with Crippen molar-refractivity contribution < 1.29 is 14.0 Å². The first-order valence-electron chi connectivity index (χ1n) is 11.6. The summed E-state index contributed by atoms with van der Waals surface area (Å²) < 4.78 is 15.6. The number of hydrogen-bond donors (Lipinski definition) is 1. The highest BCUT2D eigenvalue weighted by Crippen LogP contribution is 2.39. The normalized spacial score (nSPS) is 19.9. The maximum Gasteiger partial charge on any atom is 0.321 e. The van der Waals surface area contributed by atoms with Crippen LogP contribution in [-0.4, -0.2) is 50.6 Å². The van der Waals surface area contributed by atoms with Crippen LogP contribution >= 0.6 is 0 Å². The van der Waals surface area contributed by atoms with E-state index in [1.165, 1.54) is 6.07 Å². The lowest BCUT2D eigenvalue weighted by atomic mass is 10.0. The number of nitrogens with zero attached hydrogens (tertiary/aromatic N) is 4. The molecule has 176 valence electrons. The van der Waals surface area contributed by atoms with E-state index in [0.29, 0.717) is 30.0 Å². The highest BCUT2D eigenvalue weighted by atomic mass is 19.1. The molecular formula is C26H28FN5O2. The summed E-state index contributed by atoms with van der Waals surface area (Å²) in [5.41, 5.74) is 4.20. The maximum atomic E-state index is 13.9. The van der Waals surface area contributed by atoms with E-state index in [4.69, 9.17) is 0 Å². The van der Waals surface area contributed by atoms with Crippen LogP contribution in [0.15, 0.2) is 48.5 Å². The van der Waals surface area contributed by atoms with Gasteiger partial charge in [-0.15, -0.1) is 0 Å². The molecule has 2 aromatic carbocycles. The number of piperidine rings is 1. The van der Waals surface area contributed by atoms with Gasteiger partial charge in [-0.1, -0.05) is 24.3 Å². The molecule has 2 aliphatic rings. The van der Waals surface area contributed by atoms with E-state index in [0.717, 1.165) is 29.8 Å². The number of hydrogen-bond acceptors (Lipinski definition) is 3. The minimum absolute atomic E-state index is 0.0557. The molecule has 1 N–H and O–H groups in total. The molecule has 2 unspecified atom stereocenters. The summed E-state index contributed by atoms with van der Waals surface area (Å²) >= 11 is 0. The van der Waals surface area contributed by atoms with Gasteiger partial charge in [0.25, 0.3) is 5.91 Å². The number of carbonyl (C=O) groups is 2. The SMILES string of the molecule is Cc1ccc(NC(=O)N2CCCC(N3C(=O)c4c(c(C)nn4-c4ccccc4)C3C)C2)cc1F. The fourth-order valence-corrected chi connectivity index (χ4v) is 5.16. The molecule has 1 aromatic heterocycles. The molecule has 0 spiro atoms. The van der Waals surface area contributed by atoms with E-state index in [1.807, 2.05) is 49.1 Å². The molecule has 0 aliphatic carbocycles. The second-order valence-electron chi connectivity index (χ2n) is 9.12. The fourth-order valence-electron chi connectivity index (χ4n) is 5.16. The zero-order chi connectivity index (χ0) is 24.0. The molecule has 34 heavy (non-hydrogen) atoms. The largest absolute Gasteiger partial charge is 0.326 e. The average molecular weight is 462 g/mol. The van der Waals surface area contributed by atoms with Gasteiger partial charge >= 0.3 is 6.03 Å². The third-order valence-corrected chi connectivity index (χ3v) is 6.88. The van der Waals surface area contributed by atoms with Gasteiger partial charge in [0.15, 0.2) is 0 Å². The van der Waals surface area contributed by atoms with Crippen molar-refractivity contribution in [1.82, 2.24) is 19.6 Å². The van der Waals surface area contributed by atoms with E-state index in [-0.39, 0.29) is 29.8 Å². The zero-order valence-electron chi connectivity index (χ0n) is 19.6. The van der Waals surface area contributed by atoms with Gasteiger partial charge in [-0.25, -0.2) is 13.9 Å². The van der Waals surface area contributed by atoms with Crippen LogP contribution < -0.4 is 5.32 Å². The van der Waals surface area contributed by atoms with Gasteiger partial charge in [0, 0.05) is 24.3 Å². The summed E-state index contributed by atoms with van der Waals surface area (Å²) in [6, 6.07) is 13.8. The summed E-state index contributed by atoms with van der Waals surface area (Å²) in [4.78, 5) is 30.2. The topological polar surface area (TPSA) is 70.5 Å². The number of fused-ring (bicyclic) bond motifs is 1. The Labute approximate surface area is 198 Å². The van der Waals surface area contributed by atoms with E-state index in [9.17, 15) is 14.0 Å². The third-order valence-electron chi connectivity index (χ3n) is 6.88. The number of rotatable bonds is 3. The van der Waals surface area contributed by atoms with Crippen molar-refractivity contribution in [2.45, 2.75) is 45.7 Å². The summed E-state index contributed by atoms with van der Waals surface area (Å²) in [5.74, 6) is -0.411. The highest BCUT2D eigenvalue weighted by molar-refractivity contribution is 5.99. The molecule has 0 bridgehead atoms. The Morgan fingerprint density at radius 2 is 1.91 bits per heavy atom. The average Bonchev–Trinajstić information content (AvgIpc) is 3.32. The first-order chi connectivity index (χ1) is 16.3. The Bertz CT molecular complexity index is 1260. The van der Waals surface area contributed by atoms with Gasteiger partial charge in [-0.3, -0.25) is 4.79 Å². The van der Waals surface area contributed by atoms with Crippen molar-refractivity contribution >= 4 is 17.6 Å². The number of aryl methyl sites for hydroxylation is 2. The van der Waals surface area contributed by atoms with Crippen LogP contribution in [0.4, 0.5) is 14.9 Å². The molecule has 2 atom stereocenters. The summed E-state index contributed by atoms with van der Waals surface area (Å²) in [6.07, 6.45) is 1.61. The first kappa shape index (κ1) is 22.1. The number of nitrogens with one attached hydrogen (secondary N) is 1. The van der Waals surface area contributed by atoms with Crippen molar-refractivity contribution in [3.8, 4) is 5.69 Å². The number of benzene rings is 2. The Morgan fingerprint density at radius 3 is 2.65 bits per heavy atom. The number of urea groups is 1. The molecular weight excluding hydrogens is 433 g/mol. The van der Waals surface area contributed by atoms with Crippen molar-refractivity contribution in [2.75, 3.05) is 18.4 Å². The van der Waals surface area contributed by atoms with Gasteiger partial charge in [0.2, 0.25) is 0 Å². The Balaban J connectivity index is 1.36. The molecule has 1 fully saturated rings. The molecule has 3 amide bonds. The summed E-state index contributed by atoms with van der Waals surface area (Å²) in [5, 5.41) is 7.44. The first-order valence-corrected chi connectivity index (χ1v) is 11.6. The Morgan fingerprint density at radius 1 is 1.15 bits per heavy atom. The molecule has 5 rings (SSSR count). The molecule has 0 saturated carbocycles. The number of halogens is 1. The van der Waals surface area contributed by atoms with Gasteiger partial charge in [-0.05, 0) is 63.4 Å². The smallest absolute Gasteiger partial charge is 0.321 e. The van der Waals surface area contributed by atoms with Crippen LogP contribution in [0, 0.1) is 19.7 Å². The lowest BCUT2D eigenvalue weighted by molar-refractivity contribution is 0.0523. The second-order valence-corrected chi connectivity index (χ2v) is 9.12. The van der Waals surface area contributed by atoms with Crippen LogP contribution in [0.5, 0.6) is 0 Å². The Hall–Kier alpha value is -3.68. The lowest BCUT2D eigenvalue weighted by Gasteiger charge is -2.39. The van der Waals surface area contributed by atoms with Gasteiger partial charge in [0.1, 0.15) is 11.5 Å². The van der Waals surface area contributed by atoms with Crippen LogP contribution in [0.2, 0.25) is 0 Å². The summed E-state index contributed by atoms with van der Waals surface area (Å²) in [6.45, 7) is 6.67. The van der Waals surface area contributed by atoms with Crippen molar-refractivity contribution in [3.05, 3.63) is 76.9 Å². The highest BCUT2D eigenvalue weighted by Gasteiger charge is 2.44. The van der Waals surface area contributed by atoms with Gasteiger partial charge < -0.3 is 15.1 Å². The minimum Gasteiger partial charge on any atom is -0.326 e. The molecule has 0 radical (unpaired) electrons. The Kier molecular flexibility index (Phi) is 5.59. The molecule has 7 nitrogen and oxygen atoms in total. The second kappa shape index (κ2) is 8.59. The number of para-hydroxylation sites is 1. The van der Waals surface area contributed by atoms with Crippen LogP contribution in [-0.2, 0) is 0 Å². The molecule has 1 saturated heterocycles. The van der Waals surface area contributed by atoms with E-state index in [1.54, 1.807) is 28.6 Å². The number of anilines is 1. The molecule has 3 aromatic rings. The van der Waals surface area contributed by atoms with E-state index >= 15 is 0 Å². The number of aromatic nitrogens is 2. The molecule has 3 heterocycles. The predicted molar refractivity (Wildman–Crippen MR) is 128 cm³/mol. The van der Waals surface area contributed by atoms with Crippen LogP contribution in [0.3, 0.4) is 0 Å². The molecule has 8 heteroatoms. The number of likely N-dealkylation sites (tertiary alicyclic amines) is 1. The number of carbonyl (C=O) groups excluding carboxylic acids is 2. The monoisotopic (exact) mass is 461 g/mol. The lowest BCUT2D eigenvalue weighted by Crippen LogP contribution is -2.51. The minimum atomic E-state index is -0.355. The van der Waals surface area contributed by atoms with E-state index < -0.39 is 0 Å². The van der Waals surface area contributed by atoms with Crippen molar-refractivity contribution in [3.63, 3.8) is 0 Å². The quantitative estimate of drug-likeness (QED) is 0.607. The molecule has 2 aliphatic heterocycles. The zero-order valence-corrected chi connectivity index (χ0v) is 19.6. The predicted octanol–water partition coefficient (Wildman–Crippen LogP) is 4.84. The van der Waals surface area contributed by atoms with Crippen LogP contribution in [0.25, 0.3) is 5.69 Å². The van der Waals surface area contributed by atoms with Gasteiger partial charge in [-0.2, -0.15) is 5.10 Å². The standard InChI is InChI=1S/C26H28FN5O2/c1-16-11-12-19(14-22(16)27)28-26(34)30-13-7-10-21(15-30)31-18(3)23-17(2)29-32(24(23)25(31)33)20-8-5-4-6-9-20/h4-6,8-9,11-12,14,18,21H,7,10,13,15H2,1-3H3,(H,28,34). The number of amides is 3.